The van der Waals surface area contributed by atoms with E-state index < -0.39 is 29.4 Å². The van der Waals surface area contributed by atoms with Crippen LogP contribution in [0.4, 0.5) is 0 Å². The van der Waals surface area contributed by atoms with Gasteiger partial charge in [0.25, 0.3) is 0 Å². The number of rotatable bonds is 9. The second-order valence-electron chi connectivity index (χ2n) is 6.32. The first-order chi connectivity index (χ1) is 12.0. The maximum Gasteiger partial charge on any atom is 0.334 e. The molecule has 0 aliphatic carbocycles. The number of ether oxygens (including phenoxy) is 2. The van der Waals surface area contributed by atoms with Gasteiger partial charge in [-0.05, 0) is 51.5 Å². The number of aliphatic carboxylic acids is 1. The van der Waals surface area contributed by atoms with Crippen LogP contribution in [0, 0.1) is 0 Å². The first-order valence-corrected chi connectivity index (χ1v) is 8.16. The van der Waals surface area contributed by atoms with Crippen molar-refractivity contribution in [3.05, 3.63) is 41.5 Å². The zero-order valence-corrected chi connectivity index (χ0v) is 15.3. The zero-order chi connectivity index (χ0) is 19.9. The quantitative estimate of drug-likeness (QED) is 0.393. The van der Waals surface area contributed by atoms with Crippen molar-refractivity contribution in [2.75, 3.05) is 6.61 Å². The average molecular weight is 364 g/mol. The summed E-state index contributed by atoms with van der Waals surface area (Å²) < 4.78 is 10.8. The van der Waals surface area contributed by atoms with Gasteiger partial charge < -0.3 is 19.7 Å². The van der Waals surface area contributed by atoms with Crippen LogP contribution in [0.25, 0.3) is 0 Å². The fourth-order valence-electron chi connectivity index (χ4n) is 1.99. The minimum absolute atomic E-state index is 0.0122. The van der Waals surface area contributed by atoms with E-state index in [1.807, 2.05) is 6.92 Å². The third-order valence-electron chi connectivity index (χ3n) is 3.49. The molecule has 0 amide bonds. The monoisotopic (exact) mass is 364 g/mol. The van der Waals surface area contributed by atoms with Gasteiger partial charge >= 0.3 is 11.9 Å². The first kappa shape index (κ1) is 21.4. The predicted octanol–water partition coefficient (Wildman–Crippen LogP) is 2.37. The van der Waals surface area contributed by atoms with Crippen molar-refractivity contribution >= 4 is 17.7 Å². The molecule has 1 aromatic carbocycles. The van der Waals surface area contributed by atoms with Crippen LogP contribution in [0.1, 0.15) is 44.5 Å². The molecule has 0 spiro atoms. The minimum atomic E-state index is -1.45. The molecule has 2 N–H and O–H groups in total. The fraction of sp³-hybridized carbons (Fsp3) is 0.421. The van der Waals surface area contributed by atoms with Gasteiger partial charge in [0.2, 0.25) is 0 Å². The van der Waals surface area contributed by atoms with E-state index in [1.54, 1.807) is 24.3 Å². The molecule has 26 heavy (non-hydrogen) atoms. The number of benzene rings is 1. The molecule has 0 aromatic heterocycles. The van der Waals surface area contributed by atoms with Gasteiger partial charge in [0.1, 0.15) is 24.1 Å². The topological polar surface area (TPSA) is 110 Å². The van der Waals surface area contributed by atoms with E-state index in [9.17, 15) is 19.5 Å². The lowest BCUT2D eigenvalue weighted by Gasteiger charge is -2.19. The summed E-state index contributed by atoms with van der Waals surface area (Å²) in [6.45, 7) is 6.01. The highest BCUT2D eigenvalue weighted by atomic mass is 16.6. The van der Waals surface area contributed by atoms with E-state index in [1.165, 1.54) is 20.8 Å². The zero-order valence-electron chi connectivity index (χ0n) is 15.3. The minimum Gasteiger partial charge on any atom is -0.487 e. The van der Waals surface area contributed by atoms with Crippen LogP contribution in [0.15, 0.2) is 35.9 Å². The van der Waals surface area contributed by atoms with Gasteiger partial charge in [0, 0.05) is 17.2 Å². The third-order valence-corrected chi connectivity index (χ3v) is 3.49. The number of hydrogen-bond donors (Lipinski definition) is 2. The van der Waals surface area contributed by atoms with Crippen molar-refractivity contribution in [2.45, 2.75) is 45.8 Å². The third kappa shape index (κ3) is 6.68. The molecule has 0 bridgehead atoms. The Hall–Kier alpha value is -2.67. The van der Waals surface area contributed by atoms with Crippen LogP contribution in [0.5, 0.6) is 5.75 Å². The number of ketones is 1. The highest BCUT2D eigenvalue weighted by molar-refractivity contribution is 6.01. The van der Waals surface area contributed by atoms with Gasteiger partial charge in [-0.15, -0.1) is 0 Å². The smallest absolute Gasteiger partial charge is 0.334 e. The number of aliphatic hydroxyl groups is 1. The van der Waals surface area contributed by atoms with E-state index in [2.05, 4.69) is 0 Å². The average Bonchev–Trinajstić information content (AvgIpc) is 2.56. The maximum atomic E-state index is 12.0. The van der Waals surface area contributed by atoms with E-state index in [-0.39, 0.29) is 12.2 Å². The number of carbonyl (C=O) groups is 3. The molecule has 142 valence electrons. The number of carbonyl (C=O) groups excluding carboxylic acids is 2. The van der Waals surface area contributed by atoms with Crippen molar-refractivity contribution in [3.63, 3.8) is 0 Å². The lowest BCUT2D eigenvalue weighted by atomic mass is 9.97. The van der Waals surface area contributed by atoms with Gasteiger partial charge in [0.15, 0.2) is 5.78 Å². The SMILES string of the molecule is CCC(COC(=O)/C(C)=C\C(=O)O)Oc1ccc(C(=O)C(C)(C)O)cc1. The molecular weight excluding hydrogens is 340 g/mol. The van der Waals surface area contributed by atoms with Crippen LogP contribution in [0.3, 0.4) is 0 Å². The second-order valence-corrected chi connectivity index (χ2v) is 6.32. The normalized spacial score (nSPS) is 13.0. The molecule has 1 unspecified atom stereocenters. The Morgan fingerprint density at radius 2 is 1.77 bits per heavy atom. The van der Waals surface area contributed by atoms with Crippen molar-refractivity contribution in [1.82, 2.24) is 0 Å². The van der Waals surface area contributed by atoms with E-state index in [0.717, 1.165) is 6.08 Å². The van der Waals surface area contributed by atoms with Gasteiger partial charge in [-0.2, -0.15) is 0 Å². The summed E-state index contributed by atoms with van der Waals surface area (Å²) in [5.41, 5.74) is -1.11. The molecule has 7 nitrogen and oxygen atoms in total. The van der Waals surface area contributed by atoms with Gasteiger partial charge in [-0.3, -0.25) is 4.79 Å². The molecule has 0 saturated carbocycles. The molecule has 1 atom stereocenters. The van der Waals surface area contributed by atoms with Crippen molar-refractivity contribution in [2.24, 2.45) is 0 Å². The summed E-state index contributed by atoms with van der Waals surface area (Å²) in [6.07, 6.45) is 0.911. The summed E-state index contributed by atoms with van der Waals surface area (Å²) in [4.78, 5) is 34.2. The molecule has 1 aromatic rings. The Balaban J connectivity index is 2.67. The number of esters is 1. The molecule has 0 fully saturated rings. The molecule has 0 radical (unpaired) electrons. The Kier molecular flexibility index (Phi) is 7.52. The fourth-order valence-corrected chi connectivity index (χ4v) is 1.99. The van der Waals surface area contributed by atoms with E-state index >= 15 is 0 Å². The van der Waals surface area contributed by atoms with Crippen LogP contribution in [0.2, 0.25) is 0 Å². The molecule has 7 heteroatoms. The lowest BCUT2D eigenvalue weighted by molar-refractivity contribution is -0.142. The van der Waals surface area contributed by atoms with Crippen molar-refractivity contribution in [3.8, 4) is 5.75 Å². The van der Waals surface area contributed by atoms with Crippen LogP contribution in [-0.2, 0) is 14.3 Å². The number of carboxylic acids is 1. The summed E-state index contributed by atoms with van der Waals surface area (Å²) in [5.74, 6) is -1.85. The van der Waals surface area contributed by atoms with Crippen molar-refractivity contribution < 1.29 is 34.1 Å². The van der Waals surface area contributed by atoms with E-state index in [0.29, 0.717) is 17.7 Å². The Morgan fingerprint density at radius 1 is 1.19 bits per heavy atom. The maximum absolute atomic E-state index is 12.0. The highest BCUT2D eigenvalue weighted by Crippen LogP contribution is 2.19. The molecule has 0 aliphatic heterocycles. The number of Topliss-reactive ketones (excluding diaryl/α,β-unsaturated/α-hetero) is 1. The van der Waals surface area contributed by atoms with Gasteiger partial charge in [-0.1, -0.05) is 6.92 Å². The molecule has 0 heterocycles. The Morgan fingerprint density at radius 3 is 2.23 bits per heavy atom. The molecule has 1 rings (SSSR count). The molecule has 0 aliphatic rings. The second kappa shape index (κ2) is 9.15. The summed E-state index contributed by atoms with van der Waals surface area (Å²) in [6, 6.07) is 6.29. The first-order valence-electron chi connectivity index (χ1n) is 8.16. The summed E-state index contributed by atoms with van der Waals surface area (Å²) in [7, 11) is 0. The molecule has 0 saturated heterocycles. The Bertz CT molecular complexity index is 681. The van der Waals surface area contributed by atoms with Gasteiger partial charge in [0.05, 0.1) is 0 Å². The number of hydrogen-bond acceptors (Lipinski definition) is 6. The summed E-state index contributed by atoms with van der Waals surface area (Å²) >= 11 is 0. The van der Waals surface area contributed by atoms with E-state index in [4.69, 9.17) is 14.6 Å². The predicted molar refractivity (Wildman–Crippen MR) is 94.1 cm³/mol. The summed E-state index contributed by atoms with van der Waals surface area (Å²) in [5, 5.41) is 18.4. The Labute approximate surface area is 152 Å². The number of carboxylic acid groups (broad SMARTS) is 1. The highest BCUT2D eigenvalue weighted by Gasteiger charge is 2.25. The van der Waals surface area contributed by atoms with Crippen LogP contribution in [-0.4, -0.2) is 46.2 Å². The largest absolute Gasteiger partial charge is 0.487 e. The molecular formula is C19H24O7. The van der Waals surface area contributed by atoms with Crippen LogP contribution < -0.4 is 4.74 Å². The van der Waals surface area contributed by atoms with Gasteiger partial charge in [-0.25, -0.2) is 9.59 Å². The standard InChI is InChI=1S/C19H24O7/c1-5-14(11-25-18(23)12(2)10-16(20)21)26-15-8-6-13(7-9-15)17(22)19(3,4)24/h6-10,14,24H,5,11H2,1-4H3,(H,20,21)/b12-10-. The van der Waals surface area contributed by atoms with Crippen molar-refractivity contribution in [1.29, 1.82) is 0 Å². The van der Waals surface area contributed by atoms with Crippen LogP contribution >= 0.6 is 0 Å². The lowest BCUT2D eigenvalue weighted by Crippen LogP contribution is -2.31.